The van der Waals surface area contributed by atoms with Crippen LogP contribution in [-0.4, -0.2) is 17.5 Å². The van der Waals surface area contributed by atoms with Crippen molar-refractivity contribution in [1.29, 1.82) is 0 Å². The van der Waals surface area contributed by atoms with Gasteiger partial charge in [0.1, 0.15) is 5.67 Å². The second kappa shape index (κ2) is 3.47. The number of hydrogen-bond acceptors (Lipinski definition) is 4. The van der Waals surface area contributed by atoms with E-state index >= 15 is 0 Å². The van der Waals surface area contributed by atoms with E-state index in [4.69, 9.17) is 10.5 Å². The van der Waals surface area contributed by atoms with Crippen molar-refractivity contribution in [1.82, 2.24) is 4.37 Å². The van der Waals surface area contributed by atoms with Gasteiger partial charge < -0.3 is 10.5 Å². The van der Waals surface area contributed by atoms with Gasteiger partial charge in [0.05, 0.1) is 12.0 Å². The van der Waals surface area contributed by atoms with Crippen molar-refractivity contribution in [2.45, 2.75) is 31.0 Å². The summed E-state index contributed by atoms with van der Waals surface area (Å²) >= 11 is 1.17. The third kappa shape index (κ3) is 1.62. The van der Waals surface area contributed by atoms with Crippen LogP contribution in [0.15, 0.2) is 6.07 Å². The Kier molecular flexibility index (Phi) is 2.45. The summed E-state index contributed by atoms with van der Waals surface area (Å²) in [6, 6.07) is 1.65. The van der Waals surface area contributed by atoms with Crippen LogP contribution in [0.25, 0.3) is 0 Å². The number of alkyl halides is 1. The van der Waals surface area contributed by atoms with Gasteiger partial charge in [-0.3, -0.25) is 0 Å². The third-order valence-electron chi connectivity index (χ3n) is 2.64. The van der Waals surface area contributed by atoms with Gasteiger partial charge in [-0.2, -0.15) is 4.37 Å². The topological polar surface area (TPSA) is 48.1 Å². The van der Waals surface area contributed by atoms with Crippen molar-refractivity contribution in [3.63, 3.8) is 0 Å². The normalized spacial score (nSPS) is 32.1. The Morgan fingerprint density at radius 3 is 3.07 bits per heavy atom. The molecule has 1 aliphatic carbocycles. The first kappa shape index (κ1) is 9.86. The van der Waals surface area contributed by atoms with E-state index in [0.29, 0.717) is 23.6 Å². The van der Waals surface area contributed by atoms with E-state index in [9.17, 15) is 4.39 Å². The fourth-order valence-corrected chi connectivity index (χ4v) is 2.64. The number of hydrogen-bond donors (Lipinski definition) is 1. The Balaban J connectivity index is 2.21. The maximum atomic E-state index is 14.3. The molecule has 1 saturated carbocycles. The van der Waals surface area contributed by atoms with Gasteiger partial charge in [-0.1, -0.05) is 0 Å². The van der Waals surface area contributed by atoms with E-state index in [1.807, 2.05) is 0 Å². The summed E-state index contributed by atoms with van der Waals surface area (Å²) < 4.78 is 23.2. The summed E-state index contributed by atoms with van der Waals surface area (Å²) in [4.78, 5) is 0.641. The van der Waals surface area contributed by atoms with E-state index < -0.39 is 5.67 Å². The zero-order chi connectivity index (χ0) is 10.2. The number of aromatic nitrogens is 1. The molecule has 0 bridgehead atoms. The van der Waals surface area contributed by atoms with Gasteiger partial charge in [-0.05, 0) is 24.4 Å². The van der Waals surface area contributed by atoms with Gasteiger partial charge in [-0.25, -0.2) is 4.39 Å². The zero-order valence-corrected chi connectivity index (χ0v) is 8.81. The number of halogens is 1. The van der Waals surface area contributed by atoms with Crippen molar-refractivity contribution < 1.29 is 9.13 Å². The van der Waals surface area contributed by atoms with Crippen LogP contribution in [0, 0.1) is 0 Å². The molecule has 2 atom stereocenters. The molecule has 1 heterocycles. The zero-order valence-electron chi connectivity index (χ0n) is 8.00. The summed E-state index contributed by atoms with van der Waals surface area (Å²) in [5.41, 5.74) is 4.43. The molecule has 3 nitrogen and oxygen atoms in total. The first-order chi connectivity index (χ1) is 6.64. The second-order valence-electron chi connectivity index (χ2n) is 3.70. The Bertz CT molecular complexity index is 330. The van der Waals surface area contributed by atoms with Crippen LogP contribution in [0.2, 0.25) is 0 Å². The summed E-state index contributed by atoms with van der Waals surface area (Å²) in [5.74, 6) is 0.488. The van der Waals surface area contributed by atoms with Crippen LogP contribution in [0.1, 0.15) is 24.1 Å². The maximum absolute atomic E-state index is 14.3. The molecule has 0 radical (unpaired) electrons. The Morgan fingerprint density at radius 2 is 2.57 bits per heavy atom. The fraction of sp³-hybridized carbons (Fsp3) is 0.667. The number of methoxy groups -OCH3 is 1. The Labute approximate surface area is 86.2 Å². The standard InChI is InChI=1S/C9H13FN2OS/c1-13-8-4-7(14-12-8)9(10)3-2-6(11)5-9/h4,6H,2-3,5,11H2,1H3. The molecule has 1 aliphatic rings. The number of nitrogens with two attached hydrogens (primary N) is 1. The molecule has 78 valence electrons. The van der Waals surface area contributed by atoms with Gasteiger partial charge >= 0.3 is 0 Å². The molecule has 1 aromatic rings. The number of rotatable bonds is 2. The molecule has 2 rings (SSSR count). The third-order valence-corrected chi connectivity index (χ3v) is 3.59. The molecule has 0 aromatic carbocycles. The van der Waals surface area contributed by atoms with E-state index in [2.05, 4.69) is 4.37 Å². The highest BCUT2D eigenvalue weighted by Crippen LogP contribution is 2.44. The average Bonchev–Trinajstić information content (AvgIpc) is 2.73. The molecule has 1 aromatic heterocycles. The highest BCUT2D eigenvalue weighted by Gasteiger charge is 2.41. The average molecular weight is 216 g/mol. The second-order valence-corrected chi connectivity index (χ2v) is 4.51. The molecule has 0 aliphatic heterocycles. The van der Waals surface area contributed by atoms with Crippen molar-refractivity contribution in [3.8, 4) is 5.88 Å². The fourth-order valence-electron chi connectivity index (χ4n) is 1.82. The molecule has 0 spiro atoms. The lowest BCUT2D eigenvalue weighted by molar-refractivity contribution is 0.177. The van der Waals surface area contributed by atoms with E-state index in [-0.39, 0.29) is 6.04 Å². The van der Waals surface area contributed by atoms with Gasteiger partial charge in [0.2, 0.25) is 5.88 Å². The predicted octanol–water partition coefficient (Wildman–Crippen LogP) is 1.83. The van der Waals surface area contributed by atoms with Crippen LogP contribution in [0.4, 0.5) is 4.39 Å². The molecule has 2 unspecified atom stereocenters. The van der Waals surface area contributed by atoms with Gasteiger partial charge in [-0.15, -0.1) is 0 Å². The van der Waals surface area contributed by atoms with Crippen molar-refractivity contribution >= 4 is 11.5 Å². The molecule has 2 N–H and O–H groups in total. The summed E-state index contributed by atoms with van der Waals surface area (Å²) in [6.07, 6.45) is 1.65. The highest BCUT2D eigenvalue weighted by molar-refractivity contribution is 7.06. The number of nitrogens with zero attached hydrogens (tertiary/aromatic N) is 1. The summed E-state index contributed by atoms with van der Waals surface area (Å²) in [7, 11) is 1.53. The molecular formula is C9H13FN2OS. The lowest BCUT2D eigenvalue weighted by Gasteiger charge is -2.15. The molecule has 0 amide bonds. The Morgan fingerprint density at radius 1 is 1.79 bits per heavy atom. The van der Waals surface area contributed by atoms with Gasteiger partial charge in [0.15, 0.2) is 0 Å². The molecular weight excluding hydrogens is 203 g/mol. The first-order valence-electron chi connectivity index (χ1n) is 4.60. The van der Waals surface area contributed by atoms with E-state index in [0.717, 1.165) is 6.42 Å². The lowest BCUT2D eigenvalue weighted by atomic mass is 10.0. The van der Waals surface area contributed by atoms with Gasteiger partial charge in [0, 0.05) is 18.5 Å². The summed E-state index contributed by atoms with van der Waals surface area (Å²) in [5, 5.41) is 0. The van der Waals surface area contributed by atoms with Crippen LogP contribution < -0.4 is 10.5 Å². The van der Waals surface area contributed by atoms with Crippen molar-refractivity contribution in [2.24, 2.45) is 5.73 Å². The molecule has 5 heteroatoms. The smallest absolute Gasteiger partial charge is 0.225 e. The van der Waals surface area contributed by atoms with Crippen molar-refractivity contribution in [2.75, 3.05) is 7.11 Å². The predicted molar refractivity (Wildman–Crippen MR) is 53.3 cm³/mol. The highest BCUT2D eigenvalue weighted by atomic mass is 32.1. The van der Waals surface area contributed by atoms with E-state index in [1.54, 1.807) is 6.07 Å². The molecule has 0 saturated heterocycles. The quantitative estimate of drug-likeness (QED) is 0.820. The maximum Gasteiger partial charge on any atom is 0.225 e. The van der Waals surface area contributed by atoms with Gasteiger partial charge in [0.25, 0.3) is 0 Å². The molecule has 14 heavy (non-hydrogen) atoms. The van der Waals surface area contributed by atoms with Crippen LogP contribution in [0.5, 0.6) is 5.88 Å². The van der Waals surface area contributed by atoms with Crippen LogP contribution in [0.3, 0.4) is 0 Å². The molecule has 1 fully saturated rings. The minimum atomic E-state index is -1.27. The lowest BCUT2D eigenvalue weighted by Crippen LogP contribution is -2.20. The minimum absolute atomic E-state index is 0.0203. The first-order valence-corrected chi connectivity index (χ1v) is 5.37. The van der Waals surface area contributed by atoms with Crippen LogP contribution >= 0.6 is 11.5 Å². The Hall–Kier alpha value is -0.680. The monoisotopic (exact) mass is 216 g/mol. The van der Waals surface area contributed by atoms with E-state index in [1.165, 1.54) is 18.6 Å². The SMILES string of the molecule is COc1cc(C2(F)CCC(N)C2)sn1. The number of ether oxygens (including phenoxy) is 1. The minimum Gasteiger partial charge on any atom is -0.480 e. The van der Waals surface area contributed by atoms with Crippen LogP contribution in [-0.2, 0) is 5.67 Å². The van der Waals surface area contributed by atoms with Crippen molar-refractivity contribution in [3.05, 3.63) is 10.9 Å². The largest absolute Gasteiger partial charge is 0.480 e. The summed E-state index contributed by atoms with van der Waals surface area (Å²) in [6.45, 7) is 0.